The Kier molecular flexibility index (Phi) is 5.89. The zero-order valence-electron chi connectivity index (χ0n) is 12.3. The van der Waals surface area contributed by atoms with Crippen molar-refractivity contribution in [2.24, 2.45) is 5.92 Å². The van der Waals surface area contributed by atoms with Crippen molar-refractivity contribution in [3.8, 4) is 0 Å². The third-order valence-electron chi connectivity index (χ3n) is 3.95. The summed E-state index contributed by atoms with van der Waals surface area (Å²) < 4.78 is 13.0. The van der Waals surface area contributed by atoms with Gasteiger partial charge in [-0.2, -0.15) is 0 Å². The summed E-state index contributed by atoms with van der Waals surface area (Å²) in [5.74, 6) is -1.13. The number of benzene rings is 1. The maximum absolute atomic E-state index is 13.0. The number of rotatable bonds is 6. The van der Waals surface area contributed by atoms with Crippen LogP contribution in [0.1, 0.15) is 36.0 Å². The number of halogens is 1. The van der Waals surface area contributed by atoms with Crippen LogP contribution in [-0.4, -0.2) is 36.1 Å². The molecule has 0 spiro atoms. The molecule has 3 N–H and O–H groups in total. The van der Waals surface area contributed by atoms with Crippen LogP contribution in [0.25, 0.3) is 0 Å². The van der Waals surface area contributed by atoms with Gasteiger partial charge >= 0.3 is 0 Å². The van der Waals surface area contributed by atoms with Gasteiger partial charge in [0, 0.05) is 12.1 Å². The summed E-state index contributed by atoms with van der Waals surface area (Å²) in [5.41, 5.74) is 0.166. The van der Waals surface area contributed by atoms with Gasteiger partial charge in [0.25, 0.3) is 5.91 Å². The predicted octanol–water partition coefficient (Wildman–Crippen LogP) is 1.22. The maximum atomic E-state index is 13.0. The molecule has 1 unspecified atom stereocenters. The number of aliphatic hydroxyl groups excluding tert-OH is 1. The molecule has 1 atom stereocenters. The van der Waals surface area contributed by atoms with Gasteiger partial charge in [-0.05, 0) is 37.0 Å². The third kappa shape index (κ3) is 4.80. The van der Waals surface area contributed by atoms with Crippen molar-refractivity contribution in [1.29, 1.82) is 0 Å². The minimum atomic E-state index is -0.537. The lowest BCUT2D eigenvalue weighted by Gasteiger charge is -2.18. The number of nitrogens with one attached hydrogen (secondary N) is 2. The van der Waals surface area contributed by atoms with Gasteiger partial charge in [0.05, 0.1) is 12.6 Å². The molecule has 1 fully saturated rings. The molecule has 0 radical (unpaired) electrons. The number of carbonyl (C=O) groups is 2. The van der Waals surface area contributed by atoms with Crippen LogP contribution in [0, 0.1) is 11.7 Å². The number of hydrogen-bond acceptors (Lipinski definition) is 3. The normalized spacial score (nSPS) is 16.3. The van der Waals surface area contributed by atoms with Crippen molar-refractivity contribution in [2.75, 3.05) is 13.1 Å². The van der Waals surface area contributed by atoms with E-state index in [2.05, 4.69) is 10.6 Å². The quantitative estimate of drug-likeness (QED) is 0.739. The maximum Gasteiger partial charge on any atom is 0.251 e. The van der Waals surface area contributed by atoms with Crippen molar-refractivity contribution in [2.45, 2.75) is 31.8 Å². The second-order valence-corrected chi connectivity index (χ2v) is 5.61. The summed E-state index contributed by atoms with van der Waals surface area (Å²) in [6.45, 7) is -0.00787. The molecule has 0 saturated heterocycles. The molecule has 1 aliphatic rings. The van der Waals surface area contributed by atoms with Gasteiger partial charge in [0.1, 0.15) is 5.82 Å². The summed E-state index contributed by atoms with van der Waals surface area (Å²) in [7, 11) is 0. The van der Waals surface area contributed by atoms with Crippen LogP contribution in [0.15, 0.2) is 24.3 Å². The Hall–Kier alpha value is -1.95. The van der Waals surface area contributed by atoms with E-state index in [1.165, 1.54) is 18.2 Å². The minimum absolute atomic E-state index is 0.166. The molecule has 0 bridgehead atoms. The molecule has 1 aliphatic carbocycles. The van der Waals surface area contributed by atoms with E-state index in [1.54, 1.807) is 0 Å². The number of hydrogen-bond donors (Lipinski definition) is 3. The van der Waals surface area contributed by atoms with Crippen LogP contribution >= 0.6 is 0 Å². The summed E-state index contributed by atoms with van der Waals surface area (Å²) in [6, 6.07) is 5.26. The van der Waals surface area contributed by atoms with Gasteiger partial charge in [0.2, 0.25) is 5.91 Å². The lowest BCUT2D eigenvalue weighted by molar-refractivity contribution is -0.120. The van der Waals surface area contributed by atoms with Crippen LogP contribution in [0.5, 0.6) is 0 Å². The van der Waals surface area contributed by atoms with Gasteiger partial charge < -0.3 is 15.7 Å². The molecule has 2 rings (SSSR count). The zero-order chi connectivity index (χ0) is 15.9. The highest BCUT2D eigenvalue weighted by molar-refractivity contribution is 5.96. The Balaban J connectivity index is 1.70. The summed E-state index contributed by atoms with van der Waals surface area (Å²) >= 11 is 0. The second kappa shape index (κ2) is 7.89. The van der Waals surface area contributed by atoms with Crippen molar-refractivity contribution in [1.82, 2.24) is 10.6 Å². The highest BCUT2D eigenvalue weighted by Gasteiger charge is 2.23. The average molecular weight is 308 g/mol. The first kappa shape index (κ1) is 16.4. The van der Waals surface area contributed by atoms with E-state index in [1.807, 2.05) is 0 Å². The molecule has 0 aromatic heterocycles. The molecule has 1 aromatic carbocycles. The van der Waals surface area contributed by atoms with Crippen LogP contribution in [0.2, 0.25) is 0 Å². The fourth-order valence-corrected chi connectivity index (χ4v) is 2.68. The highest BCUT2D eigenvalue weighted by Crippen LogP contribution is 2.27. The van der Waals surface area contributed by atoms with Gasteiger partial charge in [-0.3, -0.25) is 9.59 Å². The lowest BCUT2D eigenvalue weighted by Crippen LogP contribution is -2.41. The van der Waals surface area contributed by atoms with Crippen LogP contribution in [-0.2, 0) is 4.79 Å². The molecule has 0 heterocycles. The molecule has 120 valence electrons. The van der Waals surface area contributed by atoms with Gasteiger partial charge in [-0.1, -0.05) is 18.9 Å². The first-order valence-electron chi connectivity index (χ1n) is 7.55. The molecule has 1 aromatic rings. The topological polar surface area (TPSA) is 78.4 Å². The smallest absolute Gasteiger partial charge is 0.251 e. The molecular formula is C16H21FN2O3. The van der Waals surface area contributed by atoms with Crippen molar-refractivity contribution < 1.29 is 19.1 Å². The monoisotopic (exact) mass is 308 g/mol. The van der Waals surface area contributed by atoms with E-state index >= 15 is 0 Å². The summed E-state index contributed by atoms with van der Waals surface area (Å²) in [5, 5.41) is 15.0. The van der Waals surface area contributed by atoms with Gasteiger partial charge in [-0.25, -0.2) is 4.39 Å². The lowest BCUT2D eigenvalue weighted by atomic mass is 10.0. The number of carbonyl (C=O) groups excluding carboxylic acids is 2. The van der Waals surface area contributed by atoms with Gasteiger partial charge in [0.15, 0.2) is 0 Å². The summed E-state index contributed by atoms with van der Waals surface area (Å²) in [4.78, 5) is 23.4. The Labute approximate surface area is 128 Å². The average Bonchev–Trinajstić information content (AvgIpc) is 3.04. The van der Waals surface area contributed by atoms with E-state index in [4.69, 9.17) is 0 Å². The van der Waals surface area contributed by atoms with Crippen LogP contribution in [0.4, 0.5) is 4.39 Å². The molecular weight excluding hydrogens is 287 g/mol. The van der Waals surface area contributed by atoms with Crippen molar-refractivity contribution in [3.05, 3.63) is 35.6 Å². The first-order chi connectivity index (χ1) is 10.6. The Morgan fingerprint density at radius 2 is 2.00 bits per heavy atom. The van der Waals surface area contributed by atoms with Gasteiger partial charge in [-0.15, -0.1) is 0 Å². The molecule has 0 aliphatic heterocycles. The Bertz CT molecular complexity index is 530. The van der Waals surface area contributed by atoms with Crippen molar-refractivity contribution in [3.63, 3.8) is 0 Å². The minimum Gasteiger partial charge on any atom is -0.391 e. The van der Waals surface area contributed by atoms with Crippen LogP contribution in [0.3, 0.4) is 0 Å². The number of aliphatic hydroxyl groups is 1. The molecule has 5 nitrogen and oxygen atoms in total. The van der Waals surface area contributed by atoms with E-state index in [-0.39, 0.29) is 30.5 Å². The first-order valence-corrected chi connectivity index (χ1v) is 7.55. The summed E-state index contributed by atoms with van der Waals surface area (Å²) in [6.07, 6.45) is 3.70. The predicted molar refractivity (Wildman–Crippen MR) is 79.7 cm³/mol. The Morgan fingerprint density at radius 1 is 1.27 bits per heavy atom. The standard InChI is InChI=1S/C16H21FN2O3/c17-13-7-3-6-12(8-13)16(22)19-10-15(21)18-9-14(20)11-4-1-2-5-11/h3,6-8,11,14,20H,1-2,4-5,9-10H2,(H,18,21)(H,19,22). The van der Waals surface area contributed by atoms with E-state index < -0.39 is 17.8 Å². The molecule has 6 heteroatoms. The molecule has 1 saturated carbocycles. The van der Waals surface area contributed by atoms with E-state index in [0.29, 0.717) is 0 Å². The van der Waals surface area contributed by atoms with E-state index in [0.717, 1.165) is 31.7 Å². The van der Waals surface area contributed by atoms with E-state index in [9.17, 15) is 19.1 Å². The third-order valence-corrected chi connectivity index (χ3v) is 3.95. The fourth-order valence-electron chi connectivity index (χ4n) is 2.68. The van der Waals surface area contributed by atoms with Crippen molar-refractivity contribution >= 4 is 11.8 Å². The Morgan fingerprint density at radius 3 is 2.68 bits per heavy atom. The van der Waals surface area contributed by atoms with Crippen LogP contribution < -0.4 is 10.6 Å². The molecule has 22 heavy (non-hydrogen) atoms. The SMILES string of the molecule is O=C(CNC(=O)c1cccc(F)c1)NCC(O)C1CCCC1. The fraction of sp³-hybridized carbons (Fsp3) is 0.500. The largest absolute Gasteiger partial charge is 0.391 e. The molecule has 2 amide bonds. The second-order valence-electron chi connectivity index (χ2n) is 5.61. The zero-order valence-corrected chi connectivity index (χ0v) is 12.3. The highest BCUT2D eigenvalue weighted by atomic mass is 19.1. The number of amides is 2.